The second kappa shape index (κ2) is 9.24. The van der Waals surface area contributed by atoms with Crippen LogP contribution in [0.3, 0.4) is 0 Å². The molecule has 6 rings (SSSR count). The number of nitrogens with one attached hydrogen (secondary N) is 2. The molecule has 2 aliphatic carbocycles. The van der Waals surface area contributed by atoms with Gasteiger partial charge in [-0.15, -0.1) is 0 Å². The van der Waals surface area contributed by atoms with Crippen LogP contribution < -0.4 is 15.4 Å². The molecular weight excluding hydrogens is 473 g/mol. The van der Waals surface area contributed by atoms with E-state index in [-0.39, 0.29) is 5.91 Å². The number of nitrogens with zero attached hydrogens (tertiary/aromatic N) is 3. The van der Waals surface area contributed by atoms with Crippen molar-refractivity contribution in [1.29, 1.82) is 0 Å². The highest BCUT2D eigenvalue weighted by molar-refractivity contribution is 6.16. The summed E-state index contributed by atoms with van der Waals surface area (Å²) in [4.78, 5) is 39.1. The van der Waals surface area contributed by atoms with Crippen molar-refractivity contribution in [3.63, 3.8) is 0 Å². The first-order valence-electron chi connectivity index (χ1n) is 12.3. The molecule has 186 valence electrons. The molecule has 2 amide bonds. The van der Waals surface area contributed by atoms with E-state index >= 15 is 0 Å². The number of rotatable bonds is 6. The van der Waals surface area contributed by atoms with Crippen molar-refractivity contribution in [3.05, 3.63) is 78.0 Å². The third kappa shape index (κ3) is 4.60. The predicted octanol–water partition coefficient (Wildman–Crippen LogP) is 5.19. The van der Waals surface area contributed by atoms with Gasteiger partial charge in [-0.2, -0.15) is 4.98 Å². The molecule has 0 atom stereocenters. The number of hydrogen-bond donors (Lipinski definition) is 2. The second-order valence-electron chi connectivity index (χ2n) is 9.47. The van der Waals surface area contributed by atoms with E-state index in [0.717, 1.165) is 36.9 Å². The number of carbonyl (C=O) groups is 2. The minimum Gasteiger partial charge on any atom is -0.437 e. The first kappa shape index (κ1) is 23.0. The van der Waals surface area contributed by atoms with Crippen molar-refractivity contribution in [1.82, 2.24) is 15.0 Å². The summed E-state index contributed by atoms with van der Waals surface area (Å²) in [6, 6.07) is 14.4. The molecule has 0 saturated heterocycles. The maximum Gasteiger partial charge on any atom is 0.249 e. The third-order valence-electron chi connectivity index (χ3n) is 6.90. The lowest BCUT2D eigenvalue weighted by molar-refractivity contribution is -0.131. The summed E-state index contributed by atoms with van der Waals surface area (Å²) in [5, 5.41) is 5.53. The van der Waals surface area contributed by atoms with Gasteiger partial charge in [0, 0.05) is 17.1 Å². The van der Waals surface area contributed by atoms with Crippen molar-refractivity contribution in [2.45, 2.75) is 38.5 Å². The Morgan fingerprint density at radius 1 is 0.865 bits per heavy atom. The zero-order valence-corrected chi connectivity index (χ0v) is 20.0. The van der Waals surface area contributed by atoms with Gasteiger partial charge in [0.05, 0.1) is 5.52 Å². The quantitative estimate of drug-likeness (QED) is 0.355. The van der Waals surface area contributed by atoms with Gasteiger partial charge in [-0.1, -0.05) is 0 Å². The maximum atomic E-state index is 13.1. The van der Waals surface area contributed by atoms with Crippen molar-refractivity contribution >= 4 is 34.2 Å². The SMILES string of the molecule is O=C(Nc1ccc(F)cc1)C1(C(=O)Nc2ccc(Oc3ncnc4cc5c(nc34)CCCC5)cc2)CC1. The molecule has 1 fully saturated rings. The van der Waals surface area contributed by atoms with Gasteiger partial charge in [-0.3, -0.25) is 9.59 Å². The molecule has 9 heteroatoms. The molecule has 2 aliphatic rings. The topological polar surface area (TPSA) is 106 Å². The molecule has 2 aromatic heterocycles. The molecule has 37 heavy (non-hydrogen) atoms. The third-order valence-corrected chi connectivity index (χ3v) is 6.90. The van der Waals surface area contributed by atoms with Crippen LogP contribution in [0.1, 0.15) is 36.9 Å². The van der Waals surface area contributed by atoms with Crippen LogP contribution in [0.25, 0.3) is 11.0 Å². The van der Waals surface area contributed by atoms with Crippen LogP contribution in [0.15, 0.2) is 60.9 Å². The number of benzene rings is 2. The lowest BCUT2D eigenvalue weighted by atomic mass is 9.96. The van der Waals surface area contributed by atoms with E-state index < -0.39 is 17.1 Å². The van der Waals surface area contributed by atoms with E-state index in [1.165, 1.54) is 36.2 Å². The zero-order valence-electron chi connectivity index (χ0n) is 20.0. The Hall–Kier alpha value is -4.40. The number of aryl methyl sites for hydroxylation is 2. The monoisotopic (exact) mass is 497 g/mol. The first-order chi connectivity index (χ1) is 18.0. The Balaban J connectivity index is 1.14. The summed E-state index contributed by atoms with van der Waals surface area (Å²) in [5.74, 6) is -0.261. The van der Waals surface area contributed by atoms with E-state index in [4.69, 9.17) is 9.72 Å². The smallest absolute Gasteiger partial charge is 0.249 e. The van der Waals surface area contributed by atoms with E-state index in [2.05, 4.69) is 26.7 Å². The summed E-state index contributed by atoms with van der Waals surface area (Å²) in [5.41, 5.74) is 3.55. The molecule has 8 nitrogen and oxygen atoms in total. The Bertz CT molecular complexity index is 1500. The predicted molar refractivity (Wildman–Crippen MR) is 136 cm³/mol. The molecule has 2 aromatic carbocycles. The fraction of sp³-hybridized carbons (Fsp3) is 0.250. The Morgan fingerprint density at radius 3 is 2.19 bits per heavy atom. The molecule has 2 heterocycles. The zero-order chi connectivity index (χ0) is 25.4. The molecule has 0 radical (unpaired) electrons. The minimum atomic E-state index is -1.13. The fourth-order valence-corrected chi connectivity index (χ4v) is 4.59. The van der Waals surface area contributed by atoms with Crippen LogP contribution in [0.2, 0.25) is 0 Å². The summed E-state index contributed by atoms with van der Waals surface area (Å²) < 4.78 is 19.1. The maximum absolute atomic E-state index is 13.1. The number of halogens is 1. The molecule has 4 aromatic rings. The number of ether oxygens (including phenoxy) is 1. The van der Waals surface area contributed by atoms with Gasteiger partial charge in [0.1, 0.15) is 23.3 Å². The van der Waals surface area contributed by atoms with Crippen LogP contribution >= 0.6 is 0 Å². The van der Waals surface area contributed by atoms with Gasteiger partial charge in [-0.25, -0.2) is 14.4 Å². The molecule has 0 unspecified atom stereocenters. The van der Waals surface area contributed by atoms with Gasteiger partial charge in [0.2, 0.25) is 17.7 Å². The molecule has 2 N–H and O–H groups in total. The molecule has 1 saturated carbocycles. The number of carbonyl (C=O) groups excluding carboxylic acids is 2. The molecular formula is C28H24FN5O3. The average molecular weight is 498 g/mol. The summed E-state index contributed by atoms with van der Waals surface area (Å²) in [7, 11) is 0. The van der Waals surface area contributed by atoms with E-state index in [9.17, 15) is 14.0 Å². The van der Waals surface area contributed by atoms with Gasteiger partial charge in [0.25, 0.3) is 0 Å². The van der Waals surface area contributed by atoms with Crippen LogP contribution in [-0.4, -0.2) is 26.8 Å². The summed E-state index contributed by atoms with van der Waals surface area (Å²) in [6.07, 6.45) is 6.61. The Labute approximate surface area is 212 Å². The van der Waals surface area contributed by atoms with Crippen molar-refractivity contribution in [3.8, 4) is 11.6 Å². The Morgan fingerprint density at radius 2 is 1.51 bits per heavy atom. The lowest BCUT2D eigenvalue weighted by Gasteiger charge is -2.16. The number of aromatic nitrogens is 3. The largest absolute Gasteiger partial charge is 0.437 e. The number of fused-ring (bicyclic) bond motifs is 2. The lowest BCUT2D eigenvalue weighted by Crippen LogP contribution is -2.35. The van der Waals surface area contributed by atoms with Gasteiger partial charge in [-0.05, 0) is 98.7 Å². The molecule has 0 aliphatic heterocycles. The summed E-state index contributed by atoms with van der Waals surface area (Å²) in [6.45, 7) is 0. The summed E-state index contributed by atoms with van der Waals surface area (Å²) >= 11 is 0. The average Bonchev–Trinajstić information content (AvgIpc) is 3.73. The van der Waals surface area contributed by atoms with Gasteiger partial charge >= 0.3 is 0 Å². The van der Waals surface area contributed by atoms with Crippen molar-refractivity contribution < 1.29 is 18.7 Å². The number of anilines is 2. The van der Waals surface area contributed by atoms with Crippen molar-refractivity contribution in [2.24, 2.45) is 5.41 Å². The van der Waals surface area contributed by atoms with E-state index in [1.54, 1.807) is 24.3 Å². The fourth-order valence-electron chi connectivity index (χ4n) is 4.59. The highest BCUT2D eigenvalue weighted by Gasteiger charge is 2.56. The Kier molecular flexibility index (Phi) is 5.75. The van der Waals surface area contributed by atoms with E-state index in [0.29, 0.717) is 41.4 Å². The van der Waals surface area contributed by atoms with E-state index in [1.807, 2.05) is 0 Å². The van der Waals surface area contributed by atoms with Crippen LogP contribution in [0.4, 0.5) is 15.8 Å². The standard InChI is InChI=1S/C28H24FN5O3/c29-18-5-7-19(8-6-18)32-26(35)28(13-14-28)27(36)33-20-9-11-21(12-10-20)37-25-24-23(30-16-31-25)15-17-3-1-2-4-22(17)34-24/h5-12,15-16H,1-4,13-14H2,(H,32,35)(H,33,36). The first-order valence-corrected chi connectivity index (χ1v) is 12.3. The molecule has 0 spiro atoms. The van der Waals surface area contributed by atoms with Crippen LogP contribution in [0, 0.1) is 11.2 Å². The number of hydrogen-bond acceptors (Lipinski definition) is 6. The minimum absolute atomic E-state index is 0.378. The highest BCUT2D eigenvalue weighted by atomic mass is 19.1. The van der Waals surface area contributed by atoms with Crippen LogP contribution in [-0.2, 0) is 22.4 Å². The van der Waals surface area contributed by atoms with Gasteiger partial charge < -0.3 is 15.4 Å². The van der Waals surface area contributed by atoms with Crippen LogP contribution in [0.5, 0.6) is 11.6 Å². The highest BCUT2D eigenvalue weighted by Crippen LogP contribution is 2.47. The van der Waals surface area contributed by atoms with Crippen molar-refractivity contribution in [2.75, 3.05) is 10.6 Å². The number of pyridine rings is 1. The normalized spacial score (nSPS) is 15.5. The molecule has 0 bridgehead atoms. The number of amides is 2. The second-order valence-corrected chi connectivity index (χ2v) is 9.47. The van der Waals surface area contributed by atoms with Gasteiger partial charge in [0.15, 0.2) is 5.52 Å².